The highest BCUT2D eigenvalue weighted by Crippen LogP contribution is 2.26. The number of nitrogens with zero attached hydrogens (tertiary/aromatic N) is 4. The second-order valence-corrected chi connectivity index (χ2v) is 10.0. The lowest BCUT2D eigenvalue weighted by Gasteiger charge is -2.30. The van der Waals surface area contributed by atoms with Crippen molar-refractivity contribution in [2.45, 2.75) is 32.5 Å². The number of carbonyl (C=O) groups excluding carboxylic acids is 2. The van der Waals surface area contributed by atoms with E-state index >= 15 is 0 Å². The number of amides is 2. The number of benzene rings is 1. The fourth-order valence-electron chi connectivity index (χ4n) is 4.31. The summed E-state index contributed by atoms with van der Waals surface area (Å²) in [7, 11) is 0. The normalized spacial score (nSPS) is 14.1. The third-order valence-corrected chi connectivity index (χ3v) is 7.26. The van der Waals surface area contributed by atoms with Crippen molar-refractivity contribution in [1.29, 1.82) is 5.26 Å². The summed E-state index contributed by atoms with van der Waals surface area (Å²) in [6.45, 7) is 1.00. The van der Waals surface area contributed by atoms with Crippen molar-refractivity contribution in [1.82, 2.24) is 14.9 Å². The maximum atomic E-state index is 12.9. The first-order valence-electron chi connectivity index (χ1n) is 12.6. The minimum absolute atomic E-state index is 0.0685. The molecule has 0 spiro atoms. The molecule has 1 aliphatic heterocycles. The van der Waals surface area contributed by atoms with Gasteiger partial charge in [0.2, 0.25) is 5.91 Å². The zero-order valence-corrected chi connectivity index (χ0v) is 22.7. The highest BCUT2D eigenvalue weighted by atomic mass is 32.1. The molecule has 14 heteroatoms. The Balaban J connectivity index is 1.51. The van der Waals surface area contributed by atoms with E-state index < -0.39 is 29.8 Å². The fraction of sp³-hybridized carbons (Fsp3) is 0.296. The van der Waals surface area contributed by atoms with E-state index in [0.717, 1.165) is 41.0 Å². The van der Waals surface area contributed by atoms with Gasteiger partial charge < -0.3 is 20.9 Å². The van der Waals surface area contributed by atoms with Crippen LogP contribution in [-0.2, 0) is 22.6 Å². The molecule has 1 aliphatic rings. The predicted octanol–water partition coefficient (Wildman–Crippen LogP) is 1.92. The van der Waals surface area contributed by atoms with Gasteiger partial charge in [0.05, 0.1) is 6.54 Å². The Morgan fingerprint density at radius 2 is 1.93 bits per heavy atom. The Hall–Kier alpha value is -4.64. The monoisotopic (exact) mass is 585 g/mol. The van der Waals surface area contributed by atoms with Gasteiger partial charge in [-0.05, 0) is 43.5 Å². The van der Waals surface area contributed by atoms with Gasteiger partial charge in [0.15, 0.2) is 5.57 Å². The molecule has 0 saturated heterocycles. The number of aryl methyl sites for hydroxylation is 1. The van der Waals surface area contributed by atoms with Gasteiger partial charge >= 0.3 is 6.18 Å². The van der Waals surface area contributed by atoms with Crippen LogP contribution in [0, 0.1) is 11.3 Å². The van der Waals surface area contributed by atoms with E-state index in [0.29, 0.717) is 5.82 Å². The van der Waals surface area contributed by atoms with Crippen LogP contribution in [0.4, 0.5) is 30.5 Å². The van der Waals surface area contributed by atoms with E-state index in [1.54, 1.807) is 36.5 Å². The lowest BCUT2D eigenvalue weighted by atomic mass is 10.0. The summed E-state index contributed by atoms with van der Waals surface area (Å²) in [5, 5.41) is 16.7. The van der Waals surface area contributed by atoms with Crippen LogP contribution in [0.2, 0.25) is 0 Å². The first-order valence-corrected chi connectivity index (χ1v) is 13.5. The van der Waals surface area contributed by atoms with Crippen LogP contribution in [-0.4, -0.2) is 47.2 Å². The number of pyridine rings is 1. The number of carbonyl (C=O) groups is 2. The zero-order valence-electron chi connectivity index (χ0n) is 21.9. The van der Waals surface area contributed by atoms with E-state index in [1.807, 2.05) is 23.1 Å². The third kappa shape index (κ3) is 7.31. The molecule has 4 rings (SSSR count). The Morgan fingerprint density at radius 1 is 1.17 bits per heavy atom. The standard InChI is InChI=1S/C27H26F3N7O3S/c1-2-37-25(40)20(41-26(37)18(13-31)24(39)33-16-27(28,29)30)14-32-21-10-5-11-22(34-21)35-23(38)15-36-12-6-8-17-7-3-4-9-19(17)36/h3-5,7,9-11,14H,2,6,8,12,15-16H2,1H3,(H,33,39)(H2,32,34,35,38). The Morgan fingerprint density at radius 3 is 2.66 bits per heavy atom. The molecular weight excluding hydrogens is 559 g/mol. The number of anilines is 3. The number of fused-ring (bicyclic) bond motifs is 1. The molecule has 0 unspecified atom stereocenters. The molecule has 2 aromatic heterocycles. The van der Waals surface area contributed by atoms with Crippen LogP contribution in [0.15, 0.2) is 47.3 Å². The molecule has 0 atom stereocenters. The number of hydrogen-bond donors (Lipinski definition) is 3. The third-order valence-electron chi connectivity index (χ3n) is 6.13. The lowest BCUT2D eigenvalue weighted by Crippen LogP contribution is -2.37. The molecule has 3 heterocycles. The largest absolute Gasteiger partial charge is 0.405 e. The SMILES string of the molecule is CCn1c(=C(C#N)C(=O)NCC(F)(F)F)sc(=CNc2cccc(NC(=O)CN3CCCc4ccccc43)n2)c1=O. The number of halogens is 3. The number of hydrogen-bond acceptors (Lipinski definition) is 8. The molecule has 0 saturated carbocycles. The summed E-state index contributed by atoms with van der Waals surface area (Å²) in [5.74, 6) is -0.882. The zero-order chi connectivity index (χ0) is 29.6. The Kier molecular flexibility index (Phi) is 9.08. The van der Waals surface area contributed by atoms with Crippen molar-refractivity contribution in [3.05, 3.63) is 67.6 Å². The average Bonchev–Trinajstić information content (AvgIpc) is 3.25. The molecule has 214 valence electrons. The van der Waals surface area contributed by atoms with Crippen molar-refractivity contribution < 1.29 is 22.8 Å². The predicted molar refractivity (Wildman–Crippen MR) is 150 cm³/mol. The number of para-hydroxylation sites is 1. The first-order chi connectivity index (χ1) is 19.6. The van der Waals surface area contributed by atoms with E-state index in [2.05, 4.69) is 21.7 Å². The van der Waals surface area contributed by atoms with Crippen LogP contribution in [0.3, 0.4) is 0 Å². The van der Waals surface area contributed by atoms with Gasteiger partial charge in [-0.3, -0.25) is 19.0 Å². The van der Waals surface area contributed by atoms with E-state index in [4.69, 9.17) is 0 Å². The van der Waals surface area contributed by atoms with Crippen LogP contribution >= 0.6 is 11.3 Å². The summed E-state index contributed by atoms with van der Waals surface area (Å²) in [5.41, 5.74) is 1.10. The second kappa shape index (κ2) is 12.7. The summed E-state index contributed by atoms with van der Waals surface area (Å²) in [6, 6.07) is 14.5. The molecule has 0 radical (unpaired) electrons. The molecule has 3 N–H and O–H groups in total. The van der Waals surface area contributed by atoms with Crippen molar-refractivity contribution in [3.8, 4) is 6.07 Å². The van der Waals surface area contributed by atoms with Crippen molar-refractivity contribution in [2.24, 2.45) is 0 Å². The van der Waals surface area contributed by atoms with Crippen LogP contribution in [0.1, 0.15) is 18.9 Å². The van der Waals surface area contributed by atoms with E-state index in [1.165, 1.54) is 11.8 Å². The summed E-state index contributed by atoms with van der Waals surface area (Å²) >= 11 is 0.781. The highest BCUT2D eigenvalue weighted by molar-refractivity contribution is 7.07. The molecule has 10 nitrogen and oxygen atoms in total. The Labute approximate surface area is 236 Å². The van der Waals surface area contributed by atoms with Gasteiger partial charge in [-0.15, -0.1) is 11.3 Å². The van der Waals surface area contributed by atoms with Gasteiger partial charge in [0.25, 0.3) is 11.5 Å². The molecule has 3 aromatic rings. The van der Waals surface area contributed by atoms with Gasteiger partial charge in [0.1, 0.15) is 33.4 Å². The van der Waals surface area contributed by atoms with E-state index in [9.17, 15) is 32.8 Å². The molecule has 41 heavy (non-hydrogen) atoms. The minimum atomic E-state index is -4.65. The number of nitrogens with one attached hydrogen (secondary N) is 3. The number of aromatic nitrogens is 2. The number of thiazole rings is 1. The molecule has 0 bridgehead atoms. The smallest absolute Gasteiger partial charge is 0.362 e. The molecule has 0 fully saturated rings. The maximum Gasteiger partial charge on any atom is 0.405 e. The van der Waals surface area contributed by atoms with Gasteiger partial charge in [-0.2, -0.15) is 18.4 Å². The quantitative estimate of drug-likeness (QED) is 0.368. The summed E-state index contributed by atoms with van der Waals surface area (Å²) in [6.07, 6.45) is -1.41. The number of nitriles is 1. The van der Waals surface area contributed by atoms with Crippen LogP contribution in [0.25, 0.3) is 11.8 Å². The number of rotatable bonds is 8. The highest BCUT2D eigenvalue weighted by Gasteiger charge is 2.29. The molecule has 2 amide bonds. The topological polar surface area (TPSA) is 132 Å². The lowest BCUT2D eigenvalue weighted by molar-refractivity contribution is -0.135. The fourth-order valence-corrected chi connectivity index (χ4v) is 5.40. The van der Waals surface area contributed by atoms with Crippen molar-refractivity contribution >= 4 is 52.2 Å². The average molecular weight is 586 g/mol. The molecule has 1 aromatic carbocycles. The molecular formula is C27H26F3N7O3S. The maximum absolute atomic E-state index is 12.9. The minimum Gasteiger partial charge on any atom is -0.362 e. The van der Waals surface area contributed by atoms with Crippen LogP contribution in [0.5, 0.6) is 0 Å². The number of alkyl halides is 3. The van der Waals surface area contributed by atoms with Crippen LogP contribution < -0.4 is 35.6 Å². The Bertz CT molecular complexity index is 1670. The van der Waals surface area contributed by atoms with Gasteiger partial charge in [0, 0.05) is 25.0 Å². The summed E-state index contributed by atoms with van der Waals surface area (Å²) in [4.78, 5) is 44.3. The molecule has 0 aliphatic carbocycles. The van der Waals surface area contributed by atoms with Crippen molar-refractivity contribution in [2.75, 3.05) is 35.2 Å². The van der Waals surface area contributed by atoms with Crippen molar-refractivity contribution in [3.63, 3.8) is 0 Å². The summed E-state index contributed by atoms with van der Waals surface area (Å²) < 4.78 is 38.7. The van der Waals surface area contributed by atoms with Gasteiger partial charge in [-0.1, -0.05) is 24.3 Å². The van der Waals surface area contributed by atoms with E-state index in [-0.39, 0.29) is 34.0 Å². The van der Waals surface area contributed by atoms with Gasteiger partial charge in [-0.25, -0.2) is 4.98 Å². The second-order valence-electron chi connectivity index (χ2n) is 9.00. The first kappa shape index (κ1) is 29.3.